The molecule has 102 valence electrons. The van der Waals surface area contributed by atoms with Crippen molar-refractivity contribution in [2.75, 3.05) is 19.6 Å². The molecule has 0 spiro atoms. The summed E-state index contributed by atoms with van der Waals surface area (Å²) in [5.74, 6) is -0.260. The van der Waals surface area contributed by atoms with Crippen molar-refractivity contribution in [2.45, 2.75) is 12.6 Å². The van der Waals surface area contributed by atoms with Crippen molar-refractivity contribution >= 4 is 10.9 Å². The van der Waals surface area contributed by atoms with Gasteiger partial charge in [-0.1, -0.05) is 6.07 Å². The molecule has 1 aromatic heterocycles. The van der Waals surface area contributed by atoms with Gasteiger partial charge in [0.05, 0.1) is 11.6 Å². The fraction of sp³-hybridized carbons (Fsp3) is 0.333. The van der Waals surface area contributed by atoms with Crippen LogP contribution in [-0.4, -0.2) is 35.6 Å². The Labute approximate surface area is 116 Å². The third kappa shape index (κ3) is 2.48. The van der Waals surface area contributed by atoms with Gasteiger partial charge in [-0.05, 0) is 23.8 Å². The Balaban J connectivity index is 1.96. The third-order valence-corrected chi connectivity index (χ3v) is 3.63. The van der Waals surface area contributed by atoms with Gasteiger partial charge in [-0.25, -0.2) is 4.39 Å². The summed E-state index contributed by atoms with van der Waals surface area (Å²) in [6.45, 7) is 2.82. The third-order valence-electron chi connectivity index (χ3n) is 3.63. The number of fused-ring (bicyclic) bond motifs is 1. The largest absolute Gasteiger partial charge is 0.313 e. The van der Waals surface area contributed by atoms with E-state index in [4.69, 9.17) is 0 Å². The Bertz CT molecular complexity index is 664. The molecule has 2 heterocycles. The zero-order valence-electron chi connectivity index (χ0n) is 11.0. The summed E-state index contributed by atoms with van der Waals surface area (Å²) in [6, 6.07) is 8.78. The number of benzene rings is 1. The van der Waals surface area contributed by atoms with Gasteiger partial charge in [-0.3, -0.25) is 9.88 Å². The number of nitrogens with zero attached hydrogens (tertiary/aromatic N) is 3. The number of halogens is 1. The zero-order chi connectivity index (χ0) is 13.9. The summed E-state index contributed by atoms with van der Waals surface area (Å²) in [5, 5.41) is 13.2. The van der Waals surface area contributed by atoms with E-state index in [1.807, 2.05) is 6.07 Å². The highest BCUT2D eigenvalue weighted by Gasteiger charge is 2.22. The minimum atomic E-state index is -0.260. The molecular formula is C15H15FN4. The summed E-state index contributed by atoms with van der Waals surface area (Å²) < 4.78 is 13.7. The van der Waals surface area contributed by atoms with Gasteiger partial charge in [0.1, 0.15) is 11.9 Å². The molecule has 3 rings (SSSR count). The van der Waals surface area contributed by atoms with Gasteiger partial charge in [0.2, 0.25) is 0 Å². The number of rotatable bonds is 2. The second-order valence-corrected chi connectivity index (χ2v) is 4.96. The van der Waals surface area contributed by atoms with Crippen LogP contribution in [0.25, 0.3) is 10.9 Å². The number of piperazine rings is 1. The maximum Gasteiger partial charge on any atom is 0.124 e. The number of nitriles is 1. The van der Waals surface area contributed by atoms with Crippen LogP contribution in [0.2, 0.25) is 0 Å². The zero-order valence-corrected chi connectivity index (χ0v) is 11.0. The molecule has 1 N–H and O–H groups in total. The minimum Gasteiger partial charge on any atom is -0.313 e. The van der Waals surface area contributed by atoms with Crippen LogP contribution in [0.15, 0.2) is 30.5 Å². The highest BCUT2D eigenvalue weighted by molar-refractivity contribution is 5.81. The predicted octanol–water partition coefficient (Wildman–Crippen LogP) is 1.67. The van der Waals surface area contributed by atoms with Crippen LogP contribution < -0.4 is 5.32 Å². The second kappa shape index (κ2) is 5.53. The molecular weight excluding hydrogens is 255 g/mol. The van der Waals surface area contributed by atoms with Crippen LogP contribution in [0.3, 0.4) is 0 Å². The maximum atomic E-state index is 13.7. The Hall–Kier alpha value is -2.03. The Morgan fingerprint density at radius 3 is 3.25 bits per heavy atom. The molecule has 1 aromatic carbocycles. The molecule has 2 aromatic rings. The normalized spacial score (nSPS) is 19.9. The summed E-state index contributed by atoms with van der Waals surface area (Å²) in [4.78, 5) is 6.42. The number of aromatic nitrogens is 1. The van der Waals surface area contributed by atoms with Gasteiger partial charge < -0.3 is 5.32 Å². The molecule has 0 bridgehead atoms. The van der Waals surface area contributed by atoms with Crippen LogP contribution in [0, 0.1) is 17.1 Å². The van der Waals surface area contributed by atoms with Gasteiger partial charge in [-0.15, -0.1) is 0 Å². The lowest BCUT2D eigenvalue weighted by Crippen LogP contribution is -2.50. The molecule has 1 aliphatic heterocycles. The molecule has 0 saturated carbocycles. The van der Waals surface area contributed by atoms with Gasteiger partial charge >= 0.3 is 0 Å². The molecule has 4 nitrogen and oxygen atoms in total. The average Bonchev–Trinajstić information content (AvgIpc) is 2.47. The molecule has 0 aliphatic carbocycles. The fourth-order valence-electron chi connectivity index (χ4n) is 2.63. The van der Waals surface area contributed by atoms with E-state index in [9.17, 15) is 9.65 Å². The molecule has 1 aliphatic rings. The van der Waals surface area contributed by atoms with Crippen molar-refractivity contribution < 1.29 is 4.39 Å². The first-order valence-electron chi connectivity index (χ1n) is 6.65. The number of pyridine rings is 1. The van der Waals surface area contributed by atoms with Crippen LogP contribution in [-0.2, 0) is 6.54 Å². The van der Waals surface area contributed by atoms with Crippen molar-refractivity contribution in [1.82, 2.24) is 15.2 Å². The molecule has 1 fully saturated rings. The molecule has 0 radical (unpaired) electrons. The van der Waals surface area contributed by atoms with E-state index in [1.54, 1.807) is 12.3 Å². The maximum absolute atomic E-state index is 13.7. The minimum absolute atomic E-state index is 0.175. The van der Waals surface area contributed by atoms with E-state index in [0.29, 0.717) is 13.1 Å². The van der Waals surface area contributed by atoms with Gasteiger partial charge in [-0.2, -0.15) is 5.26 Å². The predicted molar refractivity (Wildman–Crippen MR) is 74.4 cm³/mol. The summed E-state index contributed by atoms with van der Waals surface area (Å²) in [5.41, 5.74) is 1.65. The van der Waals surface area contributed by atoms with E-state index in [0.717, 1.165) is 29.6 Å². The van der Waals surface area contributed by atoms with Gasteiger partial charge in [0, 0.05) is 37.8 Å². The van der Waals surface area contributed by atoms with E-state index < -0.39 is 0 Å². The summed E-state index contributed by atoms with van der Waals surface area (Å²) >= 11 is 0. The lowest BCUT2D eigenvalue weighted by molar-refractivity contribution is 0.189. The Morgan fingerprint density at radius 1 is 1.50 bits per heavy atom. The number of nitrogens with one attached hydrogen (secondary N) is 1. The van der Waals surface area contributed by atoms with Crippen molar-refractivity contribution in [1.29, 1.82) is 5.26 Å². The van der Waals surface area contributed by atoms with Crippen molar-refractivity contribution in [3.05, 3.63) is 41.8 Å². The van der Waals surface area contributed by atoms with Gasteiger partial charge in [0.25, 0.3) is 0 Å². The van der Waals surface area contributed by atoms with Crippen LogP contribution in [0.5, 0.6) is 0 Å². The van der Waals surface area contributed by atoms with Gasteiger partial charge in [0.15, 0.2) is 0 Å². The topological polar surface area (TPSA) is 52.0 Å². The summed E-state index contributed by atoms with van der Waals surface area (Å²) in [6.07, 6.45) is 1.71. The first-order valence-corrected chi connectivity index (χ1v) is 6.65. The van der Waals surface area contributed by atoms with Crippen molar-refractivity contribution in [3.63, 3.8) is 0 Å². The smallest absolute Gasteiger partial charge is 0.124 e. The van der Waals surface area contributed by atoms with E-state index in [2.05, 4.69) is 21.3 Å². The molecule has 5 heteroatoms. The Morgan fingerprint density at radius 2 is 2.40 bits per heavy atom. The lowest BCUT2D eigenvalue weighted by atomic mass is 10.1. The van der Waals surface area contributed by atoms with E-state index in [-0.39, 0.29) is 11.9 Å². The van der Waals surface area contributed by atoms with E-state index >= 15 is 0 Å². The molecule has 0 amide bonds. The molecule has 20 heavy (non-hydrogen) atoms. The molecule has 1 saturated heterocycles. The van der Waals surface area contributed by atoms with Crippen LogP contribution >= 0.6 is 0 Å². The van der Waals surface area contributed by atoms with Crippen molar-refractivity contribution in [2.24, 2.45) is 0 Å². The summed E-state index contributed by atoms with van der Waals surface area (Å²) in [7, 11) is 0. The second-order valence-electron chi connectivity index (χ2n) is 4.96. The molecule has 1 atom stereocenters. The average molecular weight is 270 g/mol. The van der Waals surface area contributed by atoms with Crippen LogP contribution in [0.4, 0.5) is 4.39 Å². The Kier molecular flexibility index (Phi) is 3.59. The van der Waals surface area contributed by atoms with Crippen LogP contribution in [0.1, 0.15) is 5.56 Å². The highest BCUT2D eigenvalue weighted by Crippen LogP contribution is 2.21. The number of hydrogen-bond acceptors (Lipinski definition) is 4. The highest BCUT2D eigenvalue weighted by atomic mass is 19.1. The lowest BCUT2D eigenvalue weighted by Gasteiger charge is -2.32. The molecule has 1 unspecified atom stereocenters. The monoisotopic (exact) mass is 270 g/mol. The first-order chi connectivity index (χ1) is 9.78. The quantitative estimate of drug-likeness (QED) is 0.902. The SMILES string of the molecule is N#CC1CNCCN1Cc1cc(F)cc2cccnc12. The first kappa shape index (κ1) is 13.0. The number of hydrogen-bond donors (Lipinski definition) is 1. The fourth-order valence-corrected chi connectivity index (χ4v) is 2.63. The van der Waals surface area contributed by atoms with E-state index in [1.165, 1.54) is 12.1 Å². The van der Waals surface area contributed by atoms with Crippen molar-refractivity contribution in [3.8, 4) is 6.07 Å². The standard InChI is InChI=1S/C15H15FN4/c16-13-6-11-2-1-3-19-15(11)12(7-13)10-20-5-4-18-9-14(20)8-17/h1-3,6-7,14,18H,4-5,9-10H2.